The third-order valence-corrected chi connectivity index (χ3v) is 6.42. The van der Waals surface area contributed by atoms with Crippen molar-refractivity contribution in [3.05, 3.63) is 84.2 Å². The van der Waals surface area contributed by atoms with E-state index in [1.165, 1.54) is 30.0 Å². The van der Waals surface area contributed by atoms with Crippen LogP contribution in [0.15, 0.2) is 72.8 Å². The number of para-hydroxylation sites is 1. The van der Waals surface area contributed by atoms with E-state index in [1.807, 2.05) is 36.4 Å². The summed E-state index contributed by atoms with van der Waals surface area (Å²) in [6, 6.07) is 21.1. The van der Waals surface area contributed by atoms with Gasteiger partial charge in [0.2, 0.25) is 6.79 Å². The van der Waals surface area contributed by atoms with Crippen LogP contribution in [0.5, 0.6) is 11.5 Å². The molecule has 3 aromatic carbocycles. The predicted octanol–water partition coefficient (Wildman–Crippen LogP) is 3.17. The Bertz CT molecular complexity index is 1210. The van der Waals surface area contributed by atoms with Crippen LogP contribution in [0.1, 0.15) is 11.6 Å². The Morgan fingerprint density at radius 2 is 1.58 bits per heavy atom. The molecule has 2 amide bonds. The first kappa shape index (κ1) is 23.6. The second-order valence-corrected chi connectivity index (χ2v) is 8.66. The van der Waals surface area contributed by atoms with Crippen LogP contribution in [0.4, 0.5) is 15.8 Å². The fraction of sp³-hybridized carbons (Fsp3) is 0.259. The molecule has 0 bridgehead atoms. The molecule has 2 N–H and O–H groups in total. The molecule has 2 heterocycles. The van der Waals surface area contributed by atoms with Gasteiger partial charge in [-0.25, -0.2) is 4.39 Å². The molecule has 0 aromatic heterocycles. The second kappa shape index (κ2) is 10.7. The number of nitrogens with zero attached hydrogens (tertiary/aromatic N) is 2. The van der Waals surface area contributed by atoms with Crippen LogP contribution in [0.3, 0.4) is 0 Å². The zero-order valence-corrected chi connectivity index (χ0v) is 19.7. The number of fused-ring (bicyclic) bond motifs is 1. The van der Waals surface area contributed by atoms with E-state index in [-0.39, 0.29) is 19.4 Å². The Kier molecular flexibility index (Phi) is 6.99. The minimum atomic E-state index is -0.806. The fourth-order valence-electron chi connectivity index (χ4n) is 4.50. The first-order chi connectivity index (χ1) is 17.6. The Morgan fingerprint density at radius 1 is 0.861 bits per heavy atom. The highest BCUT2D eigenvalue weighted by molar-refractivity contribution is 6.39. The van der Waals surface area contributed by atoms with E-state index in [0.29, 0.717) is 17.2 Å². The molecule has 0 radical (unpaired) electrons. The van der Waals surface area contributed by atoms with Gasteiger partial charge in [0.05, 0.1) is 6.04 Å². The number of amides is 2. The molecule has 8 nitrogen and oxygen atoms in total. The maximum absolute atomic E-state index is 13.1. The minimum Gasteiger partial charge on any atom is -0.454 e. The number of piperazine rings is 1. The molecule has 1 atom stereocenters. The number of anilines is 2. The molecule has 0 saturated carbocycles. The van der Waals surface area contributed by atoms with E-state index in [1.54, 1.807) is 0 Å². The van der Waals surface area contributed by atoms with Crippen molar-refractivity contribution in [3.63, 3.8) is 0 Å². The van der Waals surface area contributed by atoms with Gasteiger partial charge in [-0.15, -0.1) is 0 Å². The van der Waals surface area contributed by atoms with E-state index in [9.17, 15) is 14.0 Å². The lowest BCUT2D eigenvalue weighted by Crippen LogP contribution is -2.50. The maximum Gasteiger partial charge on any atom is 0.313 e. The van der Waals surface area contributed by atoms with E-state index in [4.69, 9.17) is 9.47 Å². The summed E-state index contributed by atoms with van der Waals surface area (Å²) < 4.78 is 24.1. The zero-order chi connectivity index (χ0) is 24.9. The lowest BCUT2D eigenvalue weighted by molar-refractivity contribution is -0.136. The van der Waals surface area contributed by atoms with Gasteiger partial charge < -0.3 is 25.0 Å². The van der Waals surface area contributed by atoms with Crippen LogP contribution in [0.25, 0.3) is 0 Å². The third kappa shape index (κ3) is 5.41. The van der Waals surface area contributed by atoms with Crippen LogP contribution >= 0.6 is 0 Å². The largest absolute Gasteiger partial charge is 0.454 e. The van der Waals surface area contributed by atoms with Crippen molar-refractivity contribution in [3.8, 4) is 11.5 Å². The number of halogens is 1. The Morgan fingerprint density at radius 3 is 2.33 bits per heavy atom. The molecular weight excluding hydrogens is 463 g/mol. The lowest BCUT2D eigenvalue weighted by Gasteiger charge is -2.40. The summed E-state index contributed by atoms with van der Waals surface area (Å²) in [4.78, 5) is 29.6. The number of rotatable bonds is 6. The predicted molar refractivity (Wildman–Crippen MR) is 134 cm³/mol. The van der Waals surface area contributed by atoms with E-state index in [2.05, 4.69) is 32.6 Å². The van der Waals surface area contributed by atoms with Crippen molar-refractivity contribution in [2.24, 2.45) is 0 Å². The molecule has 0 unspecified atom stereocenters. The minimum absolute atomic E-state index is 0.167. The highest BCUT2D eigenvalue weighted by atomic mass is 19.1. The summed E-state index contributed by atoms with van der Waals surface area (Å²) in [7, 11) is 0. The molecule has 0 spiro atoms. The van der Waals surface area contributed by atoms with Gasteiger partial charge in [0.1, 0.15) is 5.82 Å². The van der Waals surface area contributed by atoms with Crippen LogP contribution < -0.4 is 25.0 Å². The molecule has 5 rings (SSSR count). The molecule has 2 aliphatic heterocycles. The van der Waals surface area contributed by atoms with Gasteiger partial charge in [0.25, 0.3) is 0 Å². The van der Waals surface area contributed by atoms with Crippen molar-refractivity contribution < 1.29 is 23.5 Å². The summed E-state index contributed by atoms with van der Waals surface area (Å²) >= 11 is 0. The van der Waals surface area contributed by atoms with Gasteiger partial charge in [-0.05, 0) is 54.1 Å². The number of hydrogen-bond acceptors (Lipinski definition) is 6. The van der Waals surface area contributed by atoms with Gasteiger partial charge in [-0.1, -0.05) is 24.3 Å². The monoisotopic (exact) mass is 490 g/mol. The van der Waals surface area contributed by atoms with E-state index < -0.39 is 17.6 Å². The fourth-order valence-corrected chi connectivity index (χ4v) is 4.50. The molecule has 1 saturated heterocycles. The van der Waals surface area contributed by atoms with E-state index >= 15 is 0 Å². The first-order valence-electron chi connectivity index (χ1n) is 11.9. The van der Waals surface area contributed by atoms with Crippen LogP contribution in [0, 0.1) is 5.82 Å². The smallest absolute Gasteiger partial charge is 0.313 e. The SMILES string of the molecule is O=C(NC[C@H](c1ccc2c(c1)OCO2)N1CCN(c2ccccc2)CC1)C(=O)Nc1ccc(F)cc1. The van der Waals surface area contributed by atoms with Crippen molar-refractivity contribution in [2.45, 2.75) is 6.04 Å². The van der Waals surface area contributed by atoms with Gasteiger partial charge in [0, 0.05) is 44.1 Å². The van der Waals surface area contributed by atoms with Gasteiger partial charge in [-0.2, -0.15) is 0 Å². The molecule has 3 aromatic rings. The molecule has 186 valence electrons. The zero-order valence-electron chi connectivity index (χ0n) is 19.7. The van der Waals surface area contributed by atoms with Gasteiger partial charge in [0.15, 0.2) is 11.5 Å². The Labute approximate surface area is 208 Å². The number of benzene rings is 3. The average Bonchev–Trinajstić information content (AvgIpc) is 3.39. The maximum atomic E-state index is 13.1. The summed E-state index contributed by atoms with van der Waals surface area (Å²) in [6.07, 6.45) is 0. The van der Waals surface area contributed by atoms with Crippen LogP contribution in [0.2, 0.25) is 0 Å². The lowest BCUT2D eigenvalue weighted by atomic mass is 10.0. The first-order valence-corrected chi connectivity index (χ1v) is 11.9. The van der Waals surface area contributed by atoms with Crippen molar-refractivity contribution >= 4 is 23.2 Å². The summed E-state index contributed by atoms with van der Waals surface area (Å²) in [5.41, 5.74) is 2.50. The molecule has 0 aliphatic carbocycles. The number of ether oxygens (including phenoxy) is 2. The van der Waals surface area contributed by atoms with Crippen LogP contribution in [-0.4, -0.2) is 56.2 Å². The molecular formula is C27H27FN4O4. The normalized spacial score (nSPS) is 15.9. The second-order valence-electron chi connectivity index (χ2n) is 8.66. The van der Waals surface area contributed by atoms with Crippen molar-refractivity contribution in [1.82, 2.24) is 10.2 Å². The highest BCUT2D eigenvalue weighted by Gasteiger charge is 2.28. The summed E-state index contributed by atoms with van der Waals surface area (Å²) in [5, 5.41) is 5.26. The molecule has 2 aliphatic rings. The molecule has 9 heteroatoms. The number of carbonyl (C=O) groups is 2. The Balaban J connectivity index is 1.27. The highest BCUT2D eigenvalue weighted by Crippen LogP contribution is 2.35. The molecule has 1 fully saturated rings. The number of carbonyl (C=O) groups excluding carboxylic acids is 2. The summed E-state index contributed by atoms with van der Waals surface area (Å²) in [5.74, 6) is -0.626. The number of hydrogen-bond donors (Lipinski definition) is 2. The topological polar surface area (TPSA) is 83.1 Å². The van der Waals surface area contributed by atoms with E-state index in [0.717, 1.165) is 31.7 Å². The van der Waals surface area contributed by atoms with Crippen LogP contribution in [-0.2, 0) is 9.59 Å². The molecule has 36 heavy (non-hydrogen) atoms. The number of nitrogens with one attached hydrogen (secondary N) is 2. The van der Waals surface area contributed by atoms with Gasteiger partial charge in [-0.3, -0.25) is 14.5 Å². The average molecular weight is 491 g/mol. The quantitative estimate of drug-likeness (QED) is 0.517. The van der Waals surface area contributed by atoms with Crippen molar-refractivity contribution in [2.75, 3.05) is 49.7 Å². The third-order valence-electron chi connectivity index (χ3n) is 6.42. The standard InChI is InChI=1S/C27H27FN4O4/c28-20-7-9-21(10-8-20)30-27(34)26(33)29-17-23(19-6-11-24-25(16-19)36-18-35-24)32-14-12-31(13-15-32)22-4-2-1-3-5-22/h1-11,16,23H,12-15,17-18H2,(H,29,33)(H,30,34)/t23-/m1/s1. The summed E-state index contributed by atoms with van der Waals surface area (Å²) in [6.45, 7) is 3.66. The van der Waals surface area contributed by atoms with Crippen molar-refractivity contribution in [1.29, 1.82) is 0 Å². The Hall–Kier alpha value is -4.11. The van der Waals surface area contributed by atoms with Gasteiger partial charge >= 0.3 is 11.8 Å².